The van der Waals surface area contributed by atoms with Gasteiger partial charge in [0.05, 0.1) is 24.3 Å². The summed E-state index contributed by atoms with van der Waals surface area (Å²) in [7, 11) is 1.64. The average Bonchev–Trinajstić information content (AvgIpc) is 2.68. The summed E-state index contributed by atoms with van der Waals surface area (Å²) in [5.74, 6) is 0.727. The van der Waals surface area contributed by atoms with E-state index < -0.39 is 0 Å². The van der Waals surface area contributed by atoms with Crippen molar-refractivity contribution >= 4 is 16.8 Å². The lowest BCUT2D eigenvalue weighted by Crippen LogP contribution is -2.29. The minimum Gasteiger partial charge on any atom is -0.496 e. The summed E-state index contributed by atoms with van der Waals surface area (Å²) in [5, 5.41) is 3.46. The standard InChI is InChI=1S/C21H23N3O3/c1-15-7-8-19(27-2)16(13-15)9-11-22-20(25)10-12-24-14-23-18-6-4-3-5-17(18)21(24)26/h3-8,13-14H,9-12H2,1-2H3,(H,22,25). The minimum absolute atomic E-state index is 0.0957. The van der Waals surface area contributed by atoms with E-state index in [0.717, 1.165) is 16.9 Å². The lowest BCUT2D eigenvalue weighted by Gasteiger charge is -2.11. The molecule has 0 saturated heterocycles. The molecule has 0 spiro atoms. The molecule has 0 bridgehead atoms. The summed E-state index contributed by atoms with van der Waals surface area (Å²) >= 11 is 0. The highest BCUT2D eigenvalue weighted by Crippen LogP contribution is 2.19. The van der Waals surface area contributed by atoms with Crippen LogP contribution in [0.15, 0.2) is 53.6 Å². The van der Waals surface area contributed by atoms with Crippen molar-refractivity contribution in [1.29, 1.82) is 0 Å². The number of aromatic nitrogens is 2. The molecule has 3 aromatic rings. The van der Waals surface area contributed by atoms with Crippen LogP contribution in [0.1, 0.15) is 17.5 Å². The summed E-state index contributed by atoms with van der Waals surface area (Å²) in [6.07, 6.45) is 2.41. The second-order valence-corrected chi connectivity index (χ2v) is 6.43. The number of rotatable bonds is 7. The van der Waals surface area contributed by atoms with Gasteiger partial charge in [-0.3, -0.25) is 14.2 Å². The smallest absolute Gasteiger partial charge is 0.261 e. The number of methoxy groups -OCH3 is 1. The van der Waals surface area contributed by atoms with Gasteiger partial charge in [-0.15, -0.1) is 0 Å². The lowest BCUT2D eigenvalue weighted by atomic mass is 10.1. The topological polar surface area (TPSA) is 73.2 Å². The molecular weight excluding hydrogens is 342 g/mol. The molecule has 0 aliphatic rings. The van der Waals surface area contributed by atoms with Gasteiger partial charge in [0.25, 0.3) is 5.56 Å². The molecule has 1 aromatic heterocycles. The average molecular weight is 365 g/mol. The summed E-state index contributed by atoms with van der Waals surface area (Å²) in [6.45, 7) is 2.84. The molecular formula is C21H23N3O3. The van der Waals surface area contributed by atoms with E-state index >= 15 is 0 Å². The van der Waals surface area contributed by atoms with E-state index in [9.17, 15) is 9.59 Å². The Kier molecular flexibility index (Phi) is 5.86. The predicted octanol–water partition coefficient (Wildman–Crippen LogP) is 2.46. The van der Waals surface area contributed by atoms with Gasteiger partial charge in [-0.25, -0.2) is 4.98 Å². The van der Waals surface area contributed by atoms with Gasteiger partial charge in [-0.05, 0) is 37.1 Å². The maximum absolute atomic E-state index is 12.4. The van der Waals surface area contributed by atoms with Gasteiger partial charge in [-0.1, -0.05) is 29.8 Å². The zero-order valence-corrected chi connectivity index (χ0v) is 15.6. The summed E-state index contributed by atoms with van der Waals surface area (Å²) in [5.41, 5.74) is 2.75. The number of aryl methyl sites for hydroxylation is 2. The Hall–Kier alpha value is -3.15. The summed E-state index contributed by atoms with van der Waals surface area (Å²) in [4.78, 5) is 28.8. The van der Waals surface area contributed by atoms with Gasteiger partial charge in [-0.2, -0.15) is 0 Å². The number of nitrogens with zero attached hydrogens (tertiary/aromatic N) is 2. The largest absolute Gasteiger partial charge is 0.496 e. The van der Waals surface area contributed by atoms with Gasteiger partial charge in [0.1, 0.15) is 5.75 Å². The van der Waals surface area contributed by atoms with Crippen molar-refractivity contribution in [3.8, 4) is 5.75 Å². The quantitative estimate of drug-likeness (QED) is 0.698. The maximum atomic E-state index is 12.4. The van der Waals surface area contributed by atoms with E-state index in [1.807, 2.05) is 31.2 Å². The van der Waals surface area contributed by atoms with Crippen molar-refractivity contribution in [3.05, 3.63) is 70.3 Å². The van der Waals surface area contributed by atoms with Crippen molar-refractivity contribution in [3.63, 3.8) is 0 Å². The van der Waals surface area contributed by atoms with Crippen LogP contribution in [-0.2, 0) is 17.8 Å². The number of para-hydroxylation sites is 1. The van der Waals surface area contributed by atoms with Gasteiger partial charge in [0, 0.05) is 19.5 Å². The van der Waals surface area contributed by atoms with Crippen LogP contribution >= 0.6 is 0 Å². The van der Waals surface area contributed by atoms with Crippen molar-refractivity contribution in [1.82, 2.24) is 14.9 Å². The fourth-order valence-corrected chi connectivity index (χ4v) is 3.02. The number of benzene rings is 2. The zero-order chi connectivity index (χ0) is 19.2. The molecule has 3 rings (SSSR count). The first-order chi connectivity index (χ1) is 13.1. The van der Waals surface area contributed by atoms with Crippen LogP contribution in [-0.4, -0.2) is 29.1 Å². The fraction of sp³-hybridized carbons (Fsp3) is 0.286. The highest BCUT2D eigenvalue weighted by molar-refractivity contribution is 5.77. The van der Waals surface area contributed by atoms with E-state index in [2.05, 4.69) is 16.4 Å². The number of hydrogen-bond acceptors (Lipinski definition) is 4. The maximum Gasteiger partial charge on any atom is 0.261 e. The molecule has 6 heteroatoms. The van der Waals surface area contributed by atoms with E-state index in [1.54, 1.807) is 19.2 Å². The minimum atomic E-state index is -0.127. The third-order valence-electron chi connectivity index (χ3n) is 4.46. The highest BCUT2D eigenvalue weighted by atomic mass is 16.5. The first kappa shape index (κ1) is 18.6. The summed E-state index contributed by atoms with van der Waals surface area (Å²) < 4.78 is 6.83. The molecule has 140 valence electrons. The van der Waals surface area contributed by atoms with E-state index in [4.69, 9.17) is 4.74 Å². The number of fused-ring (bicyclic) bond motifs is 1. The number of hydrogen-bond donors (Lipinski definition) is 1. The molecule has 2 aromatic carbocycles. The number of amides is 1. The van der Waals surface area contributed by atoms with Crippen LogP contribution in [0.4, 0.5) is 0 Å². The number of carbonyl (C=O) groups is 1. The van der Waals surface area contributed by atoms with Crippen LogP contribution in [0, 0.1) is 6.92 Å². The molecule has 1 N–H and O–H groups in total. The van der Waals surface area contributed by atoms with Crippen LogP contribution in [0.3, 0.4) is 0 Å². The van der Waals surface area contributed by atoms with Gasteiger partial charge in [0.15, 0.2) is 0 Å². The Labute approximate surface area is 157 Å². The second-order valence-electron chi connectivity index (χ2n) is 6.43. The number of ether oxygens (including phenoxy) is 1. The predicted molar refractivity (Wildman–Crippen MR) is 105 cm³/mol. The van der Waals surface area contributed by atoms with E-state index in [-0.39, 0.29) is 17.9 Å². The molecule has 1 heterocycles. The zero-order valence-electron chi connectivity index (χ0n) is 15.6. The third-order valence-corrected chi connectivity index (χ3v) is 4.46. The Morgan fingerprint density at radius 1 is 1.22 bits per heavy atom. The van der Waals surface area contributed by atoms with Crippen LogP contribution in [0.5, 0.6) is 5.75 Å². The second kappa shape index (κ2) is 8.49. The molecule has 0 fully saturated rings. The van der Waals surface area contributed by atoms with Crippen molar-refractivity contribution in [2.24, 2.45) is 0 Å². The molecule has 0 saturated carbocycles. The van der Waals surface area contributed by atoms with Gasteiger partial charge < -0.3 is 10.1 Å². The van der Waals surface area contributed by atoms with E-state index in [1.165, 1.54) is 10.9 Å². The summed E-state index contributed by atoms with van der Waals surface area (Å²) in [6, 6.07) is 13.2. The highest BCUT2D eigenvalue weighted by Gasteiger charge is 2.07. The van der Waals surface area contributed by atoms with Crippen molar-refractivity contribution < 1.29 is 9.53 Å². The third kappa shape index (κ3) is 4.53. The Balaban J connectivity index is 1.54. The van der Waals surface area contributed by atoms with Crippen molar-refractivity contribution in [2.45, 2.75) is 26.3 Å². The SMILES string of the molecule is COc1ccc(C)cc1CCNC(=O)CCn1cnc2ccccc2c1=O. The first-order valence-electron chi connectivity index (χ1n) is 8.93. The Morgan fingerprint density at radius 2 is 2.04 bits per heavy atom. The first-order valence-corrected chi connectivity index (χ1v) is 8.93. The molecule has 0 radical (unpaired) electrons. The molecule has 0 aliphatic carbocycles. The van der Waals surface area contributed by atoms with Gasteiger partial charge in [0.2, 0.25) is 5.91 Å². The molecule has 1 amide bonds. The molecule has 0 unspecified atom stereocenters. The molecule has 0 atom stereocenters. The van der Waals surface area contributed by atoms with Gasteiger partial charge >= 0.3 is 0 Å². The fourth-order valence-electron chi connectivity index (χ4n) is 3.02. The molecule has 27 heavy (non-hydrogen) atoms. The Morgan fingerprint density at radius 3 is 2.85 bits per heavy atom. The Bertz CT molecular complexity index is 1010. The molecule has 0 aliphatic heterocycles. The molecule has 6 nitrogen and oxygen atoms in total. The van der Waals surface area contributed by atoms with Crippen LogP contribution in [0.25, 0.3) is 10.9 Å². The number of nitrogens with one attached hydrogen (secondary N) is 1. The van der Waals surface area contributed by atoms with Crippen LogP contribution < -0.4 is 15.6 Å². The lowest BCUT2D eigenvalue weighted by molar-refractivity contribution is -0.121. The normalized spacial score (nSPS) is 10.7. The van der Waals surface area contributed by atoms with E-state index in [0.29, 0.717) is 30.4 Å². The number of carbonyl (C=O) groups excluding carboxylic acids is 1. The van der Waals surface area contributed by atoms with Crippen LogP contribution in [0.2, 0.25) is 0 Å². The van der Waals surface area contributed by atoms with Crippen molar-refractivity contribution in [2.75, 3.05) is 13.7 Å². The monoisotopic (exact) mass is 365 g/mol.